The van der Waals surface area contributed by atoms with Gasteiger partial charge < -0.3 is 0 Å². The lowest BCUT2D eigenvalue weighted by Gasteiger charge is -2.04. The number of benzene rings is 2. The third-order valence-corrected chi connectivity index (χ3v) is 4.27. The topological polar surface area (TPSA) is 43.4 Å². The quantitative estimate of drug-likeness (QED) is 0.801. The van der Waals surface area contributed by atoms with E-state index in [1.807, 2.05) is 18.2 Å². The zero-order valence-electron chi connectivity index (χ0n) is 8.48. The van der Waals surface area contributed by atoms with Crippen molar-refractivity contribution in [3.63, 3.8) is 0 Å². The highest BCUT2D eigenvalue weighted by molar-refractivity contribution is 9.10. The van der Waals surface area contributed by atoms with E-state index < -0.39 is 10.1 Å². The Morgan fingerprint density at radius 3 is 2.62 bits per heavy atom. The van der Waals surface area contributed by atoms with Crippen molar-refractivity contribution in [3.05, 3.63) is 40.9 Å². The monoisotopic (exact) mass is 300 g/mol. The fourth-order valence-corrected chi connectivity index (χ4v) is 2.69. The van der Waals surface area contributed by atoms with Crippen LogP contribution in [0.25, 0.3) is 10.8 Å². The molecule has 0 N–H and O–H groups in total. The van der Waals surface area contributed by atoms with E-state index in [9.17, 15) is 8.42 Å². The van der Waals surface area contributed by atoms with Crippen LogP contribution in [0.5, 0.6) is 0 Å². The Hall–Kier alpha value is -0.910. The van der Waals surface area contributed by atoms with E-state index in [2.05, 4.69) is 20.1 Å². The van der Waals surface area contributed by atoms with Crippen LogP contribution in [0.15, 0.2) is 45.8 Å². The minimum absolute atomic E-state index is 0.167. The molecule has 16 heavy (non-hydrogen) atoms. The van der Waals surface area contributed by atoms with Gasteiger partial charge in [-0.15, -0.1) is 0 Å². The molecule has 0 unspecified atom stereocenters. The summed E-state index contributed by atoms with van der Waals surface area (Å²) < 4.78 is 28.4. The zero-order valence-corrected chi connectivity index (χ0v) is 10.9. The Morgan fingerprint density at radius 2 is 1.94 bits per heavy atom. The van der Waals surface area contributed by atoms with Crippen molar-refractivity contribution in [2.75, 3.05) is 7.11 Å². The SMILES string of the molecule is COS(=O)(=O)c1ccc2c(Br)cccc2c1. The summed E-state index contributed by atoms with van der Waals surface area (Å²) in [4.78, 5) is 0.167. The van der Waals surface area contributed by atoms with Gasteiger partial charge in [0.15, 0.2) is 0 Å². The lowest BCUT2D eigenvalue weighted by molar-refractivity contribution is 0.398. The van der Waals surface area contributed by atoms with E-state index in [4.69, 9.17) is 0 Å². The van der Waals surface area contributed by atoms with Gasteiger partial charge in [-0.05, 0) is 29.0 Å². The van der Waals surface area contributed by atoms with Crippen molar-refractivity contribution >= 4 is 36.8 Å². The molecule has 0 bridgehead atoms. The second kappa shape index (κ2) is 4.16. The molecule has 0 fully saturated rings. The molecule has 0 amide bonds. The molecule has 0 aromatic heterocycles. The summed E-state index contributed by atoms with van der Waals surface area (Å²) in [7, 11) is -2.46. The second-order valence-corrected chi connectivity index (χ2v) is 5.81. The summed E-state index contributed by atoms with van der Waals surface area (Å²) in [6.45, 7) is 0. The van der Waals surface area contributed by atoms with Gasteiger partial charge in [-0.2, -0.15) is 8.42 Å². The van der Waals surface area contributed by atoms with Crippen molar-refractivity contribution in [3.8, 4) is 0 Å². The van der Waals surface area contributed by atoms with Crippen LogP contribution in [0, 0.1) is 0 Å². The number of hydrogen-bond donors (Lipinski definition) is 0. The normalized spacial score (nSPS) is 11.9. The maximum Gasteiger partial charge on any atom is 0.296 e. The van der Waals surface area contributed by atoms with Crippen LogP contribution in [-0.4, -0.2) is 15.5 Å². The summed E-state index contributed by atoms with van der Waals surface area (Å²) in [6.07, 6.45) is 0. The van der Waals surface area contributed by atoms with Crippen LogP contribution in [0.4, 0.5) is 0 Å². The Morgan fingerprint density at radius 1 is 1.19 bits per heavy atom. The van der Waals surface area contributed by atoms with E-state index in [1.165, 1.54) is 6.07 Å². The number of halogens is 1. The first-order valence-corrected chi connectivity index (χ1v) is 6.73. The lowest BCUT2D eigenvalue weighted by atomic mass is 10.1. The van der Waals surface area contributed by atoms with Gasteiger partial charge in [0.05, 0.1) is 12.0 Å². The third kappa shape index (κ3) is 1.98. The van der Waals surface area contributed by atoms with E-state index in [0.717, 1.165) is 22.4 Å². The van der Waals surface area contributed by atoms with Crippen molar-refractivity contribution < 1.29 is 12.6 Å². The molecule has 0 saturated heterocycles. The van der Waals surface area contributed by atoms with Crippen LogP contribution >= 0.6 is 15.9 Å². The van der Waals surface area contributed by atoms with Crippen LogP contribution in [-0.2, 0) is 14.3 Å². The van der Waals surface area contributed by atoms with Gasteiger partial charge >= 0.3 is 0 Å². The average molecular weight is 301 g/mol. The predicted molar refractivity (Wildman–Crippen MR) is 65.8 cm³/mol. The van der Waals surface area contributed by atoms with E-state index in [1.54, 1.807) is 12.1 Å². The van der Waals surface area contributed by atoms with Crippen molar-refractivity contribution in [2.24, 2.45) is 0 Å². The first-order valence-electron chi connectivity index (χ1n) is 4.53. The second-order valence-electron chi connectivity index (χ2n) is 3.24. The van der Waals surface area contributed by atoms with E-state index in [-0.39, 0.29) is 4.90 Å². The smallest absolute Gasteiger partial charge is 0.270 e. The molecule has 84 valence electrons. The van der Waals surface area contributed by atoms with Crippen LogP contribution in [0.1, 0.15) is 0 Å². The van der Waals surface area contributed by atoms with Crippen molar-refractivity contribution in [1.82, 2.24) is 0 Å². The fourth-order valence-electron chi connectivity index (χ4n) is 1.47. The van der Waals surface area contributed by atoms with Gasteiger partial charge in [0.2, 0.25) is 0 Å². The zero-order chi connectivity index (χ0) is 11.8. The Bertz CT molecular complexity index is 635. The summed E-state index contributed by atoms with van der Waals surface area (Å²) in [5.74, 6) is 0. The number of rotatable bonds is 2. The summed E-state index contributed by atoms with van der Waals surface area (Å²) >= 11 is 3.41. The van der Waals surface area contributed by atoms with Crippen LogP contribution in [0.2, 0.25) is 0 Å². The van der Waals surface area contributed by atoms with Gasteiger partial charge in [0.1, 0.15) is 0 Å². The van der Waals surface area contributed by atoms with Crippen LogP contribution < -0.4 is 0 Å². The van der Waals surface area contributed by atoms with Crippen molar-refractivity contribution in [1.29, 1.82) is 0 Å². The summed E-state index contributed by atoms with van der Waals surface area (Å²) in [6, 6.07) is 10.5. The minimum Gasteiger partial charge on any atom is -0.270 e. The third-order valence-electron chi connectivity index (χ3n) is 2.31. The van der Waals surface area contributed by atoms with Gasteiger partial charge in [-0.3, -0.25) is 4.18 Å². The van der Waals surface area contributed by atoms with Crippen LogP contribution in [0.3, 0.4) is 0 Å². The Labute approximate surface area is 102 Å². The van der Waals surface area contributed by atoms with Crippen molar-refractivity contribution in [2.45, 2.75) is 4.90 Å². The molecule has 0 aliphatic carbocycles. The summed E-state index contributed by atoms with van der Waals surface area (Å²) in [5, 5.41) is 1.82. The standard InChI is InChI=1S/C11H9BrO3S/c1-15-16(13,14)9-5-6-10-8(7-9)3-2-4-11(10)12/h2-7H,1H3. The highest BCUT2D eigenvalue weighted by Crippen LogP contribution is 2.26. The maximum atomic E-state index is 11.5. The molecule has 0 saturated carbocycles. The molecule has 2 aromatic carbocycles. The molecule has 0 spiro atoms. The largest absolute Gasteiger partial charge is 0.296 e. The Balaban J connectivity index is 2.71. The predicted octanol–water partition coefficient (Wildman–Crippen LogP) is 2.94. The molecule has 0 heterocycles. The van der Waals surface area contributed by atoms with Gasteiger partial charge in [0, 0.05) is 4.47 Å². The number of hydrogen-bond acceptors (Lipinski definition) is 3. The van der Waals surface area contributed by atoms with Gasteiger partial charge in [0.25, 0.3) is 10.1 Å². The highest BCUT2D eigenvalue weighted by atomic mass is 79.9. The lowest BCUT2D eigenvalue weighted by Crippen LogP contribution is -2.02. The first kappa shape index (κ1) is 11.6. The molecule has 5 heteroatoms. The maximum absolute atomic E-state index is 11.5. The molecular weight excluding hydrogens is 292 g/mol. The molecule has 2 aromatic rings. The average Bonchev–Trinajstić information content (AvgIpc) is 2.29. The fraction of sp³-hybridized carbons (Fsp3) is 0.0909. The summed E-state index contributed by atoms with van der Waals surface area (Å²) in [5.41, 5.74) is 0. The number of fused-ring (bicyclic) bond motifs is 1. The van der Waals surface area contributed by atoms with E-state index >= 15 is 0 Å². The highest BCUT2D eigenvalue weighted by Gasteiger charge is 2.13. The molecule has 0 radical (unpaired) electrons. The molecule has 0 aliphatic heterocycles. The molecule has 0 atom stereocenters. The van der Waals surface area contributed by atoms with Gasteiger partial charge in [-0.25, -0.2) is 0 Å². The molecule has 3 nitrogen and oxygen atoms in total. The molecular formula is C11H9BrO3S. The van der Waals surface area contributed by atoms with Gasteiger partial charge in [-0.1, -0.05) is 34.1 Å². The minimum atomic E-state index is -3.62. The first-order chi connectivity index (χ1) is 7.54. The van der Waals surface area contributed by atoms with E-state index in [0.29, 0.717) is 0 Å². The Kier molecular flexibility index (Phi) is 3.01. The molecule has 0 aliphatic rings. The molecule has 2 rings (SSSR count).